The van der Waals surface area contributed by atoms with E-state index in [4.69, 9.17) is 4.37 Å². The molecular weight excluding hydrogens is 290 g/mol. The zero-order valence-corrected chi connectivity index (χ0v) is 14.0. The average Bonchev–Trinajstić information content (AvgIpc) is 3.01. The van der Waals surface area contributed by atoms with Crippen LogP contribution >= 0.6 is 11.5 Å². The third-order valence-electron chi connectivity index (χ3n) is 5.27. The number of nitrogens with zero attached hydrogens (tertiary/aromatic N) is 3. The van der Waals surface area contributed by atoms with Gasteiger partial charge in [-0.05, 0) is 42.4 Å². The van der Waals surface area contributed by atoms with Crippen LogP contribution in [-0.2, 0) is 0 Å². The lowest BCUT2D eigenvalue weighted by Gasteiger charge is -2.37. The summed E-state index contributed by atoms with van der Waals surface area (Å²) in [5, 5.41) is 1.33. The van der Waals surface area contributed by atoms with Crippen molar-refractivity contribution in [3.05, 3.63) is 24.3 Å². The van der Waals surface area contributed by atoms with Gasteiger partial charge in [-0.15, -0.1) is 0 Å². The van der Waals surface area contributed by atoms with Crippen molar-refractivity contribution in [2.75, 3.05) is 37.6 Å². The Morgan fingerprint density at radius 3 is 2.59 bits per heavy atom. The van der Waals surface area contributed by atoms with Gasteiger partial charge in [0.2, 0.25) is 0 Å². The number of fused-ring (bicyclic) bond motifs is 1. The van der Waals surface area contributed by atoms with Crippen LogP contribution in [0.1, 0.15) is 32.1 Å². The molecule has 0 amide bonds. The monoisotopic (exact) mass is 315 g/mol. The maximum Gasteiger partial charge on any atom is 0.150 e. The summed E-state index contributed by atoms with van der Waals surface area (Å²) in [6, 6.07) is 8.62. The number of hydrogen-bond acceptors (Lipinski definition) is 4. The van der Waals surface area contributed by atoms with Crippen LogP contribution in [0.5, 0.6) is 0 Å². The van der Waals surface area contributed by atoms with Crippen LogP contribution in [0.25, 0.3) is 10.1 Å². The van der Waals surface area contributed by atoms with E-state index in [1.807, 2.05) is 0 Å². The van der Waals surface area contributed by atoms with Gasteiger partial charge in [-0.25, -0.2) is 0 Å². The molecule has 4 heteroatoms. The minimum Gasteiger partial charge on any atom is -0.353 e. The van der Waals surface area contributed by atoms with Gasteiger partial charge in [-0.3, -0.25) is 4.90 Å². The molecule has 2 aromatic rings. The van der Waals surface area contributed by atoms with Crippen LogP contribution in [0.2, 0.25) is 0 Å². The summed E-state index contributed by atoms with van der Waals surface area (Å²) in [4.78, 5) is 5.16. The van der Waals surface area contributed by atoms with Gasteiger partial charge in [-0.2, -0.15) is 4.37 Å². The molecular formula is C18H25N3S. The zero-order valence-electron chi connectivity index (χ0n) is 13.2. The first-order chi connectivity index (χ1) is 10.9. The number of hydrogen-bond donors (Lipinski definition) is 0. The summed E-state index contributed by atoms with van der Waals surface area (Å²) < 4.78 is 6.02. The Bertz CT molecular complexity index is 610. The van der Waals surface area contributed by atoms with Crippen molar-refractivity contribution < 1.29 is 0 Å². The van der Waals surface area contributed by atoms with Crippen molar-refractivity contribution in [2.45, 2.75) is 32.1 Å². The van der Waals surface area contributed by atoms with Crippen LogP contribution < -0.4 is 4.90 Å². The molecule has 118 valence electrons. The third kappa shape index (κ3) is 2.99. The van der Waals surface area contributed by atoms with E-state index in [2.05, 4.69) is 34.1 Å². The summed E-state index contributed by atoms with van der Waals surface area (Å²) in [6.07, 6.45) is 7.28. The van der Waals surface area contributed by atoms with Crippen LogP contribution in [0.15, 0.2) is 24.3 Å². The quantitative estimate of drug-likeness (QED) is 0.853. The van der Waals surface area contributed by atoms with Crippen molar-refractivity contribution >= 4 is 27.4 Å². The van der Waals surface area contributed by atoms with E-state index in [9.17, 15) is 0 Å². The first-order valence-electron chi connectivity index (χ1n) is 8.72. The standard InChI is InChI=1S/C18H25N3S/c1-2-6-15(7-3-1)14-20-10-12-21(13-11-20)18-16-8-4-5-9-17(16)22-19-18/h4-5,8-9,15H,1-3,6-7,10-14H2. The number of rotatable bonds is 3. The van der Waals surface area contributed by atoms with E-state index < -0.39 is 0 Å². The second kappa shape index (κ2) is 6.55. The summed E-state index contributed by atoms with van der Waals surface area (Å²) >= 11 is 1.63. The van der Waals surface area contributed by atoms with E-state index in [1.54, 1.807) is 11.5 Å². The van der Waals surface area contributed by atoms with Gasteiger partial charge >= 0.3 is 0 Å². The predicted octanol–water partition coefficient (Wildman–Crippen LogP) is 4.00. The van der Waals surface area contributed by atoms with Crippen molar-refractivity contribution in [2.24, 2.45) is 5.92 Å². The van der Waals surface area contributed by atoms with Gasteiger partial charge < -0.3 is 4.90 Å². The molecule has 22 heavy (non-hydrogen) atoms. The second-order valence-electron chi connectivity index (χ2n) is 6.79. The molecule has 1 aliphatic heterocycles. The van der Waals surface area contributed by atoms with Crippen LogP contribution in [-0.4, -0.2) is 42.0 Å². The highest BCUT2D eigenvalue weighted by Gasteiger charge is 2.23. The van der Waals surface area contributed by atoms with Gasteiger partial charge in [-0.1, -0.05) is 31.4 Å². The van der Waals surface area contributed by atoms with Gasteiger partial charge in [0.15, 0.2) is 0 Å². The Morgan fingerprint density at radius 2 is 1.77 bits per heavy atom. The van der Waals surface area contributed by atoms with Crippen molar-refractivity contribution in [3.8, 4) is 0 Å². The largest absolute Gasteiger partial charge is 0.353 e. The van der Waals surface area contributed by atoms with E-state index >= 15 is 0 Å². The number of benzene rings is 1. The molecule has 3 nitrogen and oxygen atoms in total. The SMILES string of the molecule is c1ccc2c(N3CCN(CC4CCCCC4)CC3)nsc2c1. The minimum absolute atomic E-state index is 0.959. The lowest BCUT2D eigenvalue weighted by molar-refractivity contribution is 0.192. The molecule has 0 spiro atoms. The van der Waals surface area contributed by atoms with Gasteiger partial charge in [0.25, 0.3) is 0 Å². The maximum absolute atomic E-state index is 4.71. The molecule has 1 aromatic carbocycles. The predicted molar refractivity (Wildman–Crippen MR) is 94.8 cm³/mol. The topological polar surface area (TPSA) is 19.4 Å². The van der Waals surface area contributed by atoms with E-state index in [1.165, 1.54) is 67.6 Å². The molecule has 1 aromatic heterocycles. The van der Waals surface area contributed by atoms with E-state index in [-0.39, 0.29) is 0 Å². The zero-order chi connectivity index (χ0) is 14.8. The Kier molecular flexibility index (Phi) is 4.30. The molecule has 2 heterocycles. The van der Waals surface area contributed by atoms with E-state index in [0.717, 1.165) is 19.0 Å². The summed E-state index contributed by atoms with van der Waals surface area (Å²) in [6.45, 7) is 5.97. The molecule has 1 aliphatic carbocycles. The summed E-state index contributed by atoms with van der Waals surface area (Å²) in [5.41, 5.74) is 0. The molecule has 0 N–H and O–H groups in total. The second-order valence-corrected chi connectivity index (χ2v) is 7.60. The average molecular weight is 315 g/mol. The molecule has 2 aliphatic rings. The molecule has 0 atom stereocenters. The first kappa shape index (κ1) is 14.5. The van der Waals surface area contributed by atoms with Gasteiger partial charge in [0.1, 0.15) is 5.82 Å². The van der Waals surface area contributed by atoms with Crippen molar-refractivity contribution in [1.82, 2.24) is 9.27 Å². The number of anilines is 1. The fraction of sp³-hybridized carbons (Fsp3) is 0.611. The Morgan fingerprint density at radius 1 is 1.00 bits per heavy atom. The highest BCUT2D eigenvalue weighted by Crippen LogP contribution is 2.30. The Balaban J connectivity index is 1.37. The molecule has 1 saturated carbocycles. The lowest BCUT2D eigenvalue weighted by atomic mass is 9.89. The van der Waals surface area contributed by atoms with E-state index in [0.29, 0.717) is 0 Å². The maximum atomic E-state index is 4.71. The van der Waals surface area contributed by atoms with Crippen LogP contribution in [0.3, 0.4) is 0 Å². The summed E-state index contributed by atoms with van der Waals surface area (Å²) in [5.74, 6) is 2.17. The highest BCUT2D eigenvalue weighted by molar-refractivity contribution is 7.13. The molecule has 1 saturated heterocycles. The third-order valence-corrected chi connectivity index (χ3v) is 6.09. The summed E-state index contributed by atoms with van der Waals surface area (Å²) in [7, 11) is 0. The molecule has 4 rings (SSSR count). The Labute approximate surface area is 137 Å². The minimum atomic E-state index is 0.959. The number of piperazine rings is 1. The van der Waals surface area contributed by atoms with Gasteiger partial charge in [0, 0.05) is 38.1 Å². The molecule has 2 fully saturated rings. The lowest BCUT2D eigenvalue weighted by Crippen LogP contribution is -2.48. The van der Waals surface area contributed by atoms with Crippen LogP contribution in [0, 0.1) is 5.92 Å². The van der Waals surface area contributed by atoms with Gasteiger partial charge in [0.05, 0.1) is 4.70 Å². The first-order valence-corrected chi connectivity index (χ1v) is 9.49. The van der Waals surface area contributed by atoms with Crippen LogP contribution in [0.4, 0.5) is 5.82 Å². The fourth-order valence-electron chi connectivity index (χ4n) is 3.98. The van der Waals surface area contributed by atoms with Crippen molar-refractivity contribution in [3.63, 3.8) is 0 Å². The Hall–Kier alpha value is -1.13. The highest BCUT2D eigenvalue weighted by atomic mass is 32.1. The molecule has 0 radical (unpaired) electrons. The fourth-order valence-corrected chi connectivity index (χ4v) is 4.77. The molecule has 0 unspecified atom stereocenters. The normalized spacial score (nSPS) is 21.5. The molecule has 0 bridgehead atoms. The van der Waals surface area contributed by atoms with Crippen molar-refractivity contribution in [1.29, 1.82) is 0 Å². The smallest absolute Gasteiger partial charge is 0.150 e. The number of aromatic nitrogens is 1.